The van der Waals surface area contributed by atoms with Gasteiger partial charge < -0.3 is 10.1 Å². The standard InChI is InChI=1S/C14H12NO2/c16-14(17-13-9-5-2-6-10-13)15-11-12-7-3-1-4-8-12/h1-11H,(H,15,16). The fraction of sp³-hybridized carbons (Fsp3) is 0. The normalized spacial score (nSPS) is 9.65. The molecule has 17 heavy (non-hydrogen) atoms. The van der Waals surface area contributed by atoms with Crippen LogP contribution in [0.4, 0.5) is 4.79 Å². The average Bonchev–Trinajstić information content (AvgIpc) is 2.39. The highest BCUT2D eigenvalue weighted by Crippen LogP contribution is 2.08. The van der Waals surface area contributed by atoms with Crippen molar-refractivity contribution in [3.8, 4) is 5.75 Å². The van der Waals surface area contributed by atoms with E-state index >= 15 is 0 Å². The van der Waals surface area contributed by atoms with E-state index < -0.39 is 6.09 Å². The Hall–Kier alpha value is -2.29. The first-order chi connectivity index (χ1) is 8.34. The molecule has 3 heteroatoms. The molecule has 85 valence electrons. The van der Waals surface area contributed by atoms with Crippen LogP contribution in [-0.2, 0) is 0 Å². The predicted molar refractivity (Wildman–Crippen MR) is 65.4 cm³/mol. The molecule has 0 aliphatic rings. The molecule has 0 heterocycles. The van der Waals surface area contributed by atoms with E-state index in [0.29, 0.717) is 5.75 Å². The van der Waals surface area contributed by atoms with Crippen molar-refractivity contribution in [2.75, 3.05) is 0 Å². The summed E-state index contributed by atoms with van der Waals surface area (Å²) in [6.07, 6.45) is -0.500. The third-order valence-electron chi connectivity index (χ3n) is 2.11. The number of benzene rings is 2. The van der Waals surface area contributed by atoms with Crippen LogP contribution in [0.2, 0.25) is 0 Å². The maximum absolute atomic E-state index is 11.4. The molecule has 2 aromatic rings. The van der Waals surface area contributed by atoms with Crippen molar-refractivity contribution in [3.05, 3.63) is 72.8 Å². The van der Waals surface area contributed by atoms with Gasteiger partial charge in [0.2, 0.25) is 0 Å². The molecule has 0 spiro atoms. The van der Waals surface area contributed by atoms with Gasteiger partial charge in [0.25, 0.3) is 0 Å². The molecular weight excluding hydrogens is 214 g/mol. The van der Waals surface area contributed by atoms with Crippen LogP contribution in [0.5, 0.6) is 5.75 Å². The third-order valence-corrected chi connectivity index (χ3v) is 2.11. The first-order valence-electron chi connectivity index (χ1n) is 5.26. The Morgan fingerprint density at radius 1 is 0.941 bits per heavy atom. The molecule has 0 atom stereocenters. The summed E-state index contributed by atoms with van der Waals surface area (Å²) in [4.78, 5) is 11.4. The highest BCUT2D eigenvalue weighted by Gasteiger charge is 2.03. The van der Waals surface area contributed by atoms with Gasteiger partial charge in [-0.25, -0.2) is 4.79 Å². The minimum absolute atomic E-state index is 0.500. The molecule has 1 N–H and O–H groups in total. The topological polar surface area (TPSA) is 38.3 Å². The van der Waals surface area contributed by atoms with Crippen LogP contribution in [0.1, 0.15) is 5.56 Å². The monoisotopic (exact) mass is 226 g/mol. The van der Waals surface area contributed by atoms with Crippen molar-refractivity contribution in [2.24, 2.45) is 0 Å². The molecule has 0 aliphatic carbocycles. The van der Waals surface area contributed by atoms with Gasteiger partial charge in [-0.15, -0.1) is 0 Å². The average molecular weight is 226 g/mol. The zero-order valence-electron chi connectivity index (χ0n) is 9.17. The molecule has 0 saturated heterocycles. The van der Waals surface area contributed by atoms with E-state index in [2.05, 4.69) is 5.32 Å². The summed E-state index contributed by atoms with van der Waals surface area (Å²) in [5.41, 5.74) is 0.914. The van der Waals surface area contributed by atoms with Crippen LogP contribution in [0.25, 0.3) is 0 Å². The minimum Gasteiger partial charge on any atom is -0.410 e. The smallest absolute Gasteiger partial charge is 0.410 e. The van der Waals surface area contributed by atoms with Gasteiger partial charge in [-0.1, -0.05) is 48.5 Å². The zero-order chi connectivity index (χ0) is 11.9. The van der Waals surface area contributed by atoms with Gasteiger partial charge >= 0.3 is 6.09 Å². The van der Waals surface area contributed by atoms with Crippen LogP contribution in [0.15, 0.2) is 60.7 Å². The van der Waals surface area contributed by atoms with Crippen molar-refractivity contribution in [3.63, 3.8) is 0 Å². The Bertz CT molecular complexity index is 468. The van der Waals surface area contributed by atoms with Crippen LogP contribution in [0, 0.1) is 6.54 Å². The summed E-state index contributed by atoms with van der Waals surface area (Å²) >= 11 is 0. The highest BCUT2D eigenvalue weighted by atomic mass is 16.5. The van der Waals surface area contributed by atoms with Crippen molar-refractivity contribution in [2.45, 2.75) is 0 Å². The lowest BCUT2D eigenvalue weighted by atomic mass is 10.2. The zero-order valence-corrected chi connectivity index (χ0v) is 9.17. The lowest BCUT2D eigenvalue weighted by Crippen LogP contribution is -2.24. The third kappa shape index (κ3) is 3.65. The van der Waals surface area contributed by atoms with E-state index in [-0.39, 0.29) is 0 Å². The second-order valence-corrected chi connectivity index (χ2v) is 3.40. The molecule has 1 amide bonds. The van der Waals surface area contributed by atoms with Gasteiger partial charge in [0.05, 0.1) is 6.54 Å². The first-order valence-corrected chi connectivity index (χ1v) is 5.26. The molecule has 2 aromatic carbocycles. The Balaban J connectivity index is 1.83. The number of hydrogen-bond donors (Lipinski definition) is 1. The van der Waals surface area contributed by atoms with E-state index in [0.717, 1.165) is 5.56 Å². The molecule has 1 radical (unpaired) electrons. The van der Waals surface area contributed by atoms with Gasteiger partial charge in [-0.05, 0) is 17.7 Å². The van der Waals surface area contributed by atoms with Crippen molar-refractivity contribution in [1.82, 2.24) is 5.32 Å². The summed E-state index contributed by atoms with van der Waals surface area (Å²) in [7, 11) is 0. The van der Waals surface area contributed by atoms with Gasteiger partial charge in [-0.2, -0.15) is 0 Å². The van der Waals surface area contributed by atoms with Gasteiger partial charge in [0, 0.05) is 0 Å². The van der Waals surface area contributed by atoms with Crippen LogP contribution in [0.3, 0.4) is 0 Å². The summed E-state index contributed by atoms with van der Waals surface area (Å²) in [5.74, 6) is 0.520. The maximum atomic E-state index is 11.4. The summed E-state index contributed by atoms with van der Waals surface area (Å²) in [5, 5.41) is 2.56. The highest BCUT2D eigenvalue weighted by molar-refractivity contribution is 5.71. The van der Waals surface area contributed by atoms with E-state index in [1.165, 1.54) is 0 Å². The number of ether oxygens (including phenoxy) is 1. The van der Waals surface area contributed by atoms with Gasteiger partial charge in [0.15, 0.2) is 0 Å². The van der Waals surface area contributed by atoms with Crippen molar-refractivity contribution in [1.29, 1.82) is 0 Å². The Kier molecular flexibility index (Phi) is 3.76. The van der Waals surface area contributed by atoms with Crippen LogP contribution < -0.4 is 10.1 Å². The second kappa shape index (κ2) is 5.70. The molecule has 2 rings (SSSR count). The molecule has 0 saturated carbocycles. The lowest BCUT2D eigenvalue weighted by Gasteiger charge is -2.05. The fourth-order valence-corrected chi connectivity index (χ4v) is 1.32. The fourth-order valence-electron chi connectivity index (χ4n) is 1.32. The number of nitrogens with one attached hydrogen (secondary N) is 1. The number of rotatable bonds is 3. The van der Waals surface area contributed by atoms with E-state index in [1.807, 2.05) is 48.5 Å². The van der Waals surface area contributed by atoms with Crippen molar-refractivity contribution < 1.29 is 9.53 Å². The number of carbonyl (C=O) groups excluding carboxylic acids is 1. The molecular formula is C14H12NO2. The maximum Gasteiger partial charge on any atom is 0.413 e. The lowest BCUT2D eigenvalue weighted by molar-refractivity contribution is 0.203. The van der Waals surface area contributed by atoms with Crippen LogP contribution >= 0.6 is 0 Å². The molecule has 0 bridgehead atoms. The van der Waals surface area contributed by atoms with E-state index in [4.69, 9.17) is 4.74 Å². The first kappa shape index (κ1) is 11.2. The molecule has 0 aromatic heterocycles. The Morgan fingerprint density at radius 3 is 2.18 bits per heavy atom. The number of amides is 1. The van der Waals surface area contributed by atoms with Crippen LogP contribution in [-0.4, -0.2) is 6.09 Å². The Morgan fingerprint density at radius 2 is 1.53 bits per heavy atom. The summed E-state index contributed by atoms with van der Waals surface area (Å²) in [6, 6.07) is 18.4. The quantitative estimate of drug-likeness (QED) is 0.873. The summed E-state index contributed by atoms with van der Waals surface area (Å²) in [6.45, 7) is 1.60. The van der Waals surface area contributed by atoms with E-state index in [9.17, 15) is 4.79 Å². The Labute approximate surface area is 100 Å². The predicted octanol–water partition coefficient (Wildman–Crippen LogP) is 2.99. The van der Waals surface area contributed by atoms with Gasteiger partial charge in [0.1, 0.15) is 5.75 Å². The number of hydrogen-bond acceptors (Lipinski definition) is 2. The summed E-state index contributed by atoms with van der Waals surface area (Å²) < 4.78 is 5.05. The van der Waals surface area contributed by atoms with Crippen molar-refractivity contribution >= 4 is 6.09 Å². The largest absolute Gasteiger partial charge is 0.413 e. The molecule has 0 fully saturated rings. The molecule has 0 aliphatic heterocycles. The number of carbonyl (C=O) groups is 1. The SMILES string of the molecule is O=C(N[CH]c1ccccc1)Oc1ccccc1. The van der Waals surface area contributed by atoms with Gasteiger partial charge in [-0.3, -0.25) is 0 Å². The molecule has 3 nitrogen and oxygen atoms in total. The minimum atomic E-state index is -0.500. The van der Waals surface area contributed by atoms with E-state index in [1.54, 1.807) is 18.7 Å². The molecule has 0 unspecified atom stereocenters. The number of para-hydroxylation sites is 1. The second-order valence-electron chi connectivity index (χ2n) is 3.40.